The van der Waals surface area contributed by atoms with Crippen molar-refractivity contribution in [1.82, 2.24) is 5.32 Å². The molecule has 154 valence electrons. The van der Waals surface area contributed by atoms with Gasteiger partial charge in [-0.15, -0.1) is 0 Å². The first-order chi connectivity index (χ1) is 14.0. The molecule has 4 rings (SSSR count). The first-order valence-corrected chi connectivity index (χ1v) is 11.4. The maximum Gasteiger partial charge on any atom is 2.00 e. The summed E-state index contributed by atoms with van der Waals surface area (Å²) in [5, 5.41) is 6.72. The van der Waals surface area contributed by atoms with Crippen molar-refractivity contribution in [3.05, 3.63) is 114 Å². The molecule has 4 heteroatoms. The van der Waals surface area contributed by atoms with Crippen molar-refractivity contribution in [2.45, 2.75) is 44.4 Å². The average molecular weight is 473 g/mol. The topological polar surface area (TPSA) is 14.1 Å². The second kappa shape index (κ2) is 12.6. The molecule has 10 radical (unpaired) electrons. The smallest absolute Gasteiger partial charge is 0.200 e. The summed E-state index contributed by atoms with van der Waals surface area (Å²) in [4.78, 5) is 2.44. The van der Waals surface area contributed by atoms with Crippen LogP contribution in [0, 0.1) is 53.2 Å². The van der Waals surface area contributed by atoms with Crippen LogP contribution in [0.25, 0.3) is 0 Å². The Kier molecular flexibility index (Phi) is 10.9. The predicted molar refractivity (Wildman–Crippen MR) is 126 cm³/mol. The van der Waals surface area contributed by atoms with Crippen molar-refractivity contribution < 1.29 is 17.1 Å². The third-order valence-corrected chi connectivity index (χ3v) is 7.22. The molecule has 0 amide bonds. The Balaban J connectivity index is 0.000000249. The molecule has 0 bridgehead atoms. The van der Waals surface area contributed by atoms with Crippen LogP contribution in [0.4, 0.5) is 0 Å². The van der Waals surface area contributed by atoms with Gasteiger partial charge < -0.3 is 0 Å². The van der Waals surface area contributed by atoms with Crippen LogP contribution in [0.1, 0.15) is 34.6 Å². The molecule has 0 atom stereocenters. The van der Waals surface area contributed by atoms with E-state index in [1.54, 1.807) is 23.5 Å². The van der Waals surface area contributed by atoms with Gasteiger partial charge in [-0.2, -0.15) is 5.32 Å². The molecule has 0 unspecified atom stereocenters. The van der Waals surface area contributed by atoms with Crippen molar-refractivity contribution in [2.75, 3.05) is 0 Å². The quantitative estimate of drug-likeness (QED) is 0.426. The largest absolute Gasteiger partial charge is 2.00 e. The van der Waals surface area contributed by atoms with Gasteiger partial charge in [0.05, 0.1) is 0 Å². The number of hydrogen-bond donors (Lipinski definition) is 0. The fraction of sp³-hybridized carbons (Fsp3) is 0.192. The Hall–Kier alpha value is -0.381. The minimum atomic E-state index is 0. The number of rotatable bonds is 4. The summed E-state index contributed by atoms with van der Waals surface area (Å²) >= 11 is 3.39. The van der Waals surface area contributed by atoms with Crippen molar-refractivity contribution in [2.24, 2.45) is 0 Å². The minimum Gasteiger partial charge on any atom is -0.200 e. The number of hydrogen-bond acceptors (Lipinski definition) is 2. The molecule has 0 aromatic heterocycles. The van der Waals surface area contributed by atoms with E-state index < -0.39 is 0 Å². The van der Waals surface area contributed by atoms with Crippen LogP contribution in [-0.4, -0.2) is 0 Å². The van der Waals surface area contributed by atoms with E-state index in [0.717, 1.165) is 10.7 Å². The van der Waals surface area contributed by atoms with E-state index in [0.29, 0.717) is 0 Å². The standard InChI is InChI=1S/C16H12NS2.C10H15.Fe/c1-3-7-13(8-4-1)18-15-11-12-16(17-15)19-14-9-5-2-6-10-14;1-6-7(2)9(4)10(5)8(6)3;/h1-12H;1-5H3;/q;;+2. The van der Waals surface area contributed by atoms with E-state index in [9.17, 15) is 0 Å². The van der Waals surface area contributed by atoms with Crippen LogP contribution >= 0.6 is 23.5 Å². The maximum atomic E-state index is 4.63. The zero-order valence-corrected chi connectivity index (χ0v) is 20.8. The average Bonchev–Trinajstić information content (AvgIpc) is 3.25. The SMILES string of the molecule is C[C]1[C](C)[C](C)[C](C)[C]1C.[CH]1[CH][C](Sc2ccccc2)[N][C]1Sc1ccccc1.[Fe+2]. The van der Waals surface area contributed by atoms with Gasteiger partial charge in [0.1, 0.15) is 10.7 Å². The van der Waals surface area contributed by atoms with Gasteiger partial charge in [0.2, 0.25) is 0 Å². The Morgan fingerprint density at radius 3 is 1.10 bits per heavy atom. The molecule has 2 aliphatic rings. The van der Waals surface area contributed by atoms with E-state index in [1.807, 2.05) is 36.4 Å². The molecule has 2 aromatic carbocycles. The van der Waals surface area contributed by atoms with E-state index >= 15 is 0 Å². The Morgan fingerprint density at radius 2 is 0.800 bits per heavy atom. The molecule has 2 aromatic rings. The summed E-state index contributed by atoms with van der Waals surface area (Å²) in [6, 6.07) is 20.6. The number of nitrogens with zero attached hydrogens (tertiary/aromatic N) is 1. The molecule has 1 aliphatic carbocycles. The zero-order valence-electron chi connectivity index (χ0n) is 18.0. The molecule has 1 saturated carbocycles. The molecular weight excluding hydrogens is 446 g/mol. The summed E-state index contributed by atoms with van der Waals surface area (Å²) in [6.07, 6.45) is 4.14. The Morgan fingerprint density at radius 1 is 0.500 bits per heavy atom. The normalized spacial score (nSPS) is 20.2. The van der Waals surface area contributed by atoms with Crippen molar-refractivity contribution >= 4 is 23.5 Å². The van der Waals surface area contributed by atoms with Gasteiger partial charge in [0.25, 0.3) is 0 Å². The van der Waals surface area contributed by atoms with Crippen LogP contribution in [0.15, 0.2) is 70.5 Å². The van der Waals surface area contributed by atoms with E-state index in [1.165, 1.54) is 39.4 Å². The zero-order chi connectivity index (χ0) is 20.8. The van der Waals surface area contributed by atoms with E-state index in [-0.39, 0.29) is 17.1 Å². The fourth-order valence-corrected chi connectivity index (χ4v) is 4.75. The van der Waals surface area contributed by atoms with Crippen LogP contribution in [-0.2, 0) is 17.1 Å². The Bertz CT molecular complexity index is 634. The monoisotopic (exact) mass is 473 g/mol. The Labute approximate surface area is 203 Å². The summed E-state index contributed by atoms with van der Waals surface area (Å²) in [5.41, 5.74) is 0. The molecule has 0 spiro atoms. The van der Waals surface area contributed by atoms with Gasteiger partial charge in [-0.1, -0.05) is 94.5 Å². The molecule has 1 nitrogen and oxygen atoms in total. The third-order valence-electron chi connectivity index (χ3n) is 5.33. The van der Waals surface area contributed by atoms with Crippen LogP contribution in [0.2, 0.25) is 0 Å². The van der Waals surface area contributed by atoms with E-state index in [4.69, 9.17) is 0 Å². The molecule has 0 N–H and O–H groups in total. The third kappa shape index (κ3) is 7.07. The van der Waals surface area contributed by atoms with Crippen molar-refractivity contribution in [1.29, 1.82) is 0 Å². The van der Waals surface area contributed by atoms with Crippen LogP contribution < -0.4 is 5.32 Å². The summed E-state index contributed by atoms with van der Waals surface area (Å²) < 4.78 is 0. The molecule has 1 heterocycles. The van der Waals surface area contributed by atoms with Crippen LogP contribution in [0.5, 0.6) is 0 Å². The van der Waals surface area contributed by atoms with Gasteiger partial charge in [0.15, 0.2) is 0 Å². The number of benzene rings is 2. The summed E-state index contributed by atoms with van der Waals surface area (Å²) in [5.74, 6) is 7.34. The second-order valence-electron chi connectivity index (χ2n) is 7.08. The maximum absolute atomic E-state index is 4.63. The molecule has 1 aliphatic heterocycles. The molecule has 1 saturated heterocycles. The second-order valence-corrected chi connectivity index (χ2v) is 9.26. The van der Waals surface area contributed by atoms with Gasteiger partial charge in [-0.3, -0.25) is 0 Å². The van der Waals surface area contributed by atoms with E-state index in [2.05, 4.69) is 77.0 Å². The summed E-state index contributed by atoms with van der Waals surface area (Å²) in [6.45, 7) is 11.0. The first kappa shape index (κ1) is 25.9. The van der Waals surface area contributed by atoms with Crippen LogP contribution in [0.3, 0.4) is 0 Å². The first-order valence-electron chi connectivity index (χ1n) is 9.75. The molecular formula is C26H27FeNS2+2. The molecule has 2 fully saturated rings. The van der Waals surface area contributed by atoms with Gasteiger partial charge >= 0.3 is 17.1 Å². The number of thioether (sulfide) groups is 2. The summed E-state index contributed by atoms with van der Waals surface area (Å²) in [7, 11) is 0. The van der Waals surface area contributed by atoms with Crippen molar-refractivity contribution in [3.8, 4) is 0 Å². The predicted octanol–water partition coefficient (Wildman–Crippen LogP) is 7.55. The van der Waals surface area contributed by atoms with Crippen molar-refractivity contribution in [3.63, 3.8) is 0 Å². The fourth-order valence-electron chi connectivity index (χ4n) is 3.06. The van der Waals surface area contributed by atoms with Gasteiger partial charge in [0, 0.05) is 22.6 Å². The molecule has 30 heavy (non-hydrogen) atoms. The minimum absolute atomic E-state index is 0. The van der Waals surface area contributed by atoms with Gasteiger partial charge in [-0.25, -0.2) is 0 Å². The van der Waals surface area contributed by atoms with Gasteiger partial charge in [-0.05, 0) is 53.9 Å².